The fourth-order valence-corrected chi connectivity index (χ4v) is 2.12. The molecule has 1 unspecified atom stereocenters. The average Bonchev–Trinajstić information content (AvgIpc) is 2.38. The molecule has 0 fully saturated rings. The zero-order valence-electron chi connectivity index (χ0n) is 13.7. The summed E-state index contributed by atoms with van der Waals surface area (Å²) in [6, 6.07) is 8.31. The largest absolute Gasteiger partial charge is 0.465 e. The normalized spacial score (nSPS) is 13.2. The lowest BCUT2D eigenvalue weighted by Crippen LogP contribution is -2.21. The van der Waals surface area contributed by atoms with Crippen molar-refractivity contribution in [2.45, 2.75) is 66.6 Å². The van der Waals surface area contributed by atoms with Gasteiger partial charge in [-0.05, 0) is 49.3 Å². The summed E-state index contributed by atoms with van der Waals surface area (Å²) in [4.78, 5) is 0. The fourth-order valence-electron chi connectivity index (χ4n) is 2.12. The number of aryl methyl sites for hydroxylation is 1. The molecule has 2 nitrogen and oxygen atoms in total. The monoisotopic (exact) mass is 278 g/mol. The summed E-state index contributed by atoms with van der Waals surface area (Å²) in [5.74, 6) is 0.899. The molecule has 0 aliphatic heterocycles. The maximum absolute atomic E-state index is 5.95. The first-order chi connectivity index (χ1) is 9.44. The summed E-state index contributed by atoms with van der Waals surface area (Å²) >= 11 is 0. The van der Waals surface area contributed by atoms with Crippen LogP contribution in [0.4, 0.5) is 0 Å². The van der Waals surface area contributed by atoms with Crippen molar-refractivity contribution in [2.24, 2.45) is 5.41 Å². The summed E-state index contributed by atoms with van der Waals surface area (Å²) in [5, 5.41) is 0. The molecule has 1 aromatic carbocycles. The van der Waals surface area contributed by atoms with Gasteiger partial charge < -0.3 is 9.47 Å². The Labute approximate surface area is 124 Å². The van der Waals surface area contributed by atoms with E-state index in [1.54, 1.807) is 0 Å². The third-order valence-corrected chi connectivity index (χ3v) is 3.32. The van der Waals surface area contributed by atoms with Gasteiger partial charge in [0.1, 0.15) is 5.75 Å². The van der Waals surface area contributed by atoms with Gasteiger partial charge in [0, 0.05) is 13.0 Å². The molecular weight excluding hydrogens is 248 g/mol. The van der Waals surface area contributed by atoms with Gasteiger partial charge in [0.05, 0.1) is 0 Å². The van der Waals surface area contributed by atoms with E-state index in [0.717, 1.165) is 25.0 Å². The van der Waals surface area contributed by atoms with Crippen LogP contribution in [0.5, 0.6) is 5.75 Å². The molecule has 0 aliphatic carbocycles. The molecule has 0 aromatic heterocycles. The quantitative estimate of drug-likeness (QED) is 0.608. The smallest absolute Gasteiger partial charge is 0.199 e. The van der Waals surface area contributed by atoms with Gasteiger partial charge in [-0.15, -0.1) is 0 Å². The van der Waals surface area contributed by atoms with Crippen LogP contribution in [0.2, 0.25) is 0 Å². The molecule has 1 aromatic rings. The van der Waals surface area contributed by atoms with Gasteiger partial charge in [-0.25, -0.2) is 0 Å². The molecule has 0 bridgehead atoms. The number of ether oxygens (including phenoxy) is 2. The highest BCUT2D eigenvalue weighted by molar-refractivity contribution is 5.27. The van der Waals surface area contributed by atoms with Crippen molar-refractivity contribution in [1.82, 2.24) is 0 Å². The number of hydrogen-bond acceptors (Lipinski definition) is 2. The molecule has 114 valence electrons. The molecule has 1 atom stereocenters. The zero-order chi connectivity index (χ0) is 15.0. The lowest BCUT2D eigenvalue weighted by atomic mass is 9.90. The predicted octanol–water partition coefficient (Wildman–Crippen LogP) is 5.21. The van der Waals surface area contributed by atoms with E-state index < -0.39 is 0 Å². The summed E-state index contributed by atoms with van der Waals surface area (Å²) in [6.07, 6.45) is 4.19. The van der Waals surface area contributed by atoms with Gasteiger partial charge in [-0.3, -0.25) is 0 Å². The van der Waals surface area contributed by atoms with E-state index in [4.69, 9.17) is 9.47 Å². The van der Waals surface area contributed by atoms with Crippen molar-refractivity contribution in [1.29, 1.82) is 0 Å². The molecule has 0 heterocycles. The van der Waals surface area contributed by atoms with Gasteiger partial charge in [0.25, 0.3) is 0 Å². The Bertz CT molecular complexity index is 362. The Morgan fingerprint density at radius 1 is 1.05 bits per heavy atom. The van der Waals surface area contributed by atoms with Crippen molar-refractivity contribution in [3.8, 4) is 5.75 Å². The lowest BCUT2D eigenvalue weighted by Gasteiger charge is -2.22. The topological polar surface area (TPSA) is 18.5 Å². The Kier molecular flexibility index (Phi) is 7.08. The van der Waals surface area contributed by atoms with E-state index in [1.165, 1.54) is 12.0 Å². The molecule has 1 rings (SSSR count). The van der Waals surface area contributed by atoms with Crippen LogP contribution < -0.4 is 4.74 Å². The van der Waals surface area contributed by atoms with Crippen LogP contribution in [-0.2, 0) is 11.2 Å². The first-order valence-electron chi connectivity index (χ1n) is 7.82. The molecule has 0 aliphatic rings. The molecule has 0 N–H and O–H groups in total. The van der Waals surface area contributed by atoms with Crippen LogP contribution in [-0.4, -0.2) is 12.9 Å². The van der Waals surface area contributed by atoms with Crippen LogP contribution in [0.25, 0.3) is 0 Å². The van der Waals surface area contributed by atoms with Crippen LogP contribution in [0.1, 0.15) is 59.4 Å². The minimum absolute atomic E-state index is 0.130. The number of hydrogen-bond donors (Lipinski definition) is 0. The van der Waals surface area contributed by atoms with Gasteiger partial charge in [-0.1, -0.05) is 39.8 Å². The van der Waals surface area contributed by atoms with Crippen molar-refractivity contribution in [2.75, 3.05) is 6.61 Å². The molecule has 0 spiro atoms. The van der Waals surface area contributed by atoms with Crippen LogP contribution in [0, 0.1) is 5.41 Å². The summed E-state index contributed by atoms with van der Waals surface area (Å²) in [7, 11) is 0. The Morgan fingerprint density at radius 3 is 2.20 bits per heavy atom. The van der Waals surface area contributed by atoms with E-state index in [0.29, 0.717) is 12.0 Å². The second kappa shape index (κ2) is 8.31. The van der Waals surface area contributed by atoms with E-state index in [2.05, 4.69) is 39.8 Å². The maximum Gasteiger partial charge on any atom is 0.199 e. The van der Waals surface area contributed by atoms with Gasteiger partial charge in [0.15, 0.2) is 6.29 Å². The first kappa shape index (κ1) is 17.0. The predicted molar refractivity (Wildman–Crippen MR) is 85.2 cm³/mol. The van der Waals surface area contributed by atoms with Gasteiger partial charge >= 0.3 is 0 Å². The van der Waals surface area contributed by atoms with E-state index in [9.17, 15) is 0 Å². The highest BCUT2D eigenvalue weighted by atomic mass is 16.7. The Balaban J connectivity index is 2.48. The molecule has 0 amide bonds. The average molecular weight is 278 g/mol. The molecule has 0 radical (unpaired) electrons. The van der Waals surface area contributed by atoms with E-state index in [1.807, 2.05) is 19.1 Å². The Hall–Kier alpha value is -1.02. The van der Waals surface area contributed by atoms with Crippen LogP contribution in [0.3, 0.4) is 0 Å². The standard InChI is InChI=1S/C18H30O2/c1-6-15-10-12-16(13-11-15)20-17(19-7-2)9-8-14-18(3,4)5/h10-13,17H,6-9,14H2,1-5H3. The molecule has 0 saturated carbocycles. The van der Waals surface area contributed by atoms with Crippen LogP contribution >= 0.6 is 0 Å². The lowest BCUT2D eigenvalue weighted by molar-refractivity contribution is -0.0815. The summed E-state index contributed by atoms with van der Waals surface area (Å²) in [6.45, 7) is 11.7. The van der Waals surface area contributed by atoms with Gasteiger partial charge in [0.2, 0.25) is 0 Å². The molecule has 20 heavy (non-hydrogen) atoms. The summed E-state index contributed by atoms with van der Waals surface area (Å²) in [5.41, 5.74) is 1.71. The Morgan fingerprint density at radius 2 is 1.70 bits per heavy atom. The first-order valence-corrected chi connectivity index (χ1v) is 7.82. The second-order valence-corrected chi connectivity index (χ2v) is 6.45. The SMILES string of the molecule is CCOC(CCCC(C)(C)C)Oc1ccc(CC)cc1. The van der Waals surface area contributed by atoms with Gasteiger partial charge in [-0.2, -0.15) is 0 Å². The maximum atomic E-state index is 5.95. The minimum atomic E-state index is -0.130. The zero-order valence-corrected chi connectivity index (χ0v) is 13.7. The van der Waals surface area contributed by atoms with E-state index in [-0.39, 0.29) is 6.29 Å². The van der Waals surface area contributed by atoms with Crippen molar-refractivity contribution >= 4 is 0 Å². The minimum Gasteiger partial charge on any atom is -0.465 e. The third kappa shape index (κ3) is 6.95. The second-order valence-electron chi connectivity index (χ2n) is 6.45. The molecule has 0 saturated heterocycles. The van der Waals surface area contributed by atoms with Crippen molar-refractivity contribution < 1.29 is 9.47 Å². The molecule has 2 heteroatoms. The van der Waals surface area contributed by atoms with Crippen molar-refractivity contribution in [3.05, 3.63) is 29.8 Å². The van der Waals surface area contributed by atoms with Crippen LogP contribution in [0.15, 0.2) is 24.3 Å². The molecular formula is C18H30O2. The van der Waals surface area contributed by atoms with E-state index >= 15 is 0 Å². The summed E-state index contributed by atoms with van der Waals surface area (Å²) < 4.78 is 11.6. The highest BCUT2D eigenvalue weighted by Crippen LogP contribution is 2.23. The third-order valence-electron chi connectivity index (χ3n) is 3.32. The number of rotatable bonds is 8. The number of benzene rings is 1. The highest BCUT2D eigenvalue weighted by Gasteiger charge is 2.14. The fraction of sp³-hybridized carbons (Fsp3) is 0.667. The van der Waals surface area contributed by atoms with Crippen molar-refractivity contribution in [3.63, 3.8) is 0 Å².